The molecule has 0 bridgehead atoms. The average Bonchev–Trinajstić information content (AvgIpc) is 2.26. The van der Waals surface area contributed by atoms with Gasteiger partial charge in [-0.05, 0) is 36.5 Å². The first-order chi connectivity index (χ1) is 7.72. The normalized spacial score (nSPS) is 17.6. The van der Waals surface area contributed by atoms with Crippen LogP contribution < -0.4 is 5.73 Å². The van der Waals surface area contributed by atoms with E-state index in [2.05, 4.69) is 4.74 Å². The summed E-state index contributed by atoms with van der Waals surface area (Å²) in [5.41, 5.74) is 7.83. The average molecular weight is 219 g/mol. The highest BCUT2D eigenvalue weighted by Crippen LogP contribution is 2.36. The maximum absolute atomic E-state index is 11.2. The van der Waals surface area contributed by atoms with Gasteiger partial charge in [0.2, 0.25) is 0 Å². The van der Waals surface area contributed by atoms with Gasteiger partial charge in [-0.2, -0.15) is 0 Å². The number of carbonyl (C=O) groups is 1. The first-order valence-corrected chi connectivity index (χ1v) is 5.66. The largest absolute Gasteiger partial charge is 0.465 e. The topological polar surface area (TPSA) is 52.3 Å². The predicted octanol–water partition coefficient (Wildman–Crippen LogP) is 2.27. The molecule has 16 heavy (non-hydrogen) atoms. The smallest absolute Gasteiger partial charge is 0.337 e. The molecule has 1 aromatic rings. The second kappa shape index (κ2) is 4.66. The third-order valence-corrected chi connectivity index (χ3v) is 3.37. The molecular formula is C13H17NO2. The number of nitrogens with two attached hydrogens (primary N) is 1. The lowest BCUT2D eigenvalue weighted by molar-refractivity contribution is 0.0600. The number of ether oxygens (including phenoxy) is 1. The Balaban J connectivity index is 2.09. The Morgan fingerprint density at radius 2 is 2.00 bits per heavy atom. The number of esters is 1. The molecule has 0 saturated heterocycles. The molecular weight excluding hydrogens is 202 g/mol. The first kappa shape index (κ1) is 11.1. The summed E-state index contributed by atoms with van der Waals surface area (Å²) >= 11 is 0. The van der Waals surface area contributed by atoms with E-state index in [1.54, 1.807) is 12.1 Å². The Hall–Kier alpha value is -1.35. The Kier molecular flexibility index (Phi) is 3.25. The van der Waals surface area contributed by atoms with Gasteiger partial charge in [0.05, 0.1) is 12.7 Å². The second-order valence-corrected chi connectivity index (χ2v) is 4.33. The molecule has 2 rings (SSSR count). The van der Waals surface area contributed by atoms with E-state index in [-0.39, 0.29) is 12.0 Å². The molecule has 86 valence electrons. The fourth-order valence-corrected chi connectivity index (χ4v) is 2.03. The van der Waals surface area contributed by atoms with Crippen LogP contribution in [0.1, 0.15) is 41.2 Å². The lowest BCUT2D eigenvalue weighted by Gasteiger charge is -2.31. The maximum atomic E-state index is 11.2. The van der Waals surface area contributed by atoms with Gasteiger partial charge in [-0.25, -0.2) is 4.79 Å². The summed E-state index contributed by atoms with van der Waals surface area (Å²) in [6.45, 7) is 0. The van der Waals surface area contributed by atoms with Crippen molar-refractivity contribution in [1.29, 1.82) is 0 Å². The highest BCUT2D eigenvalue weighted by atomic mass is 16.5. The lowest BCUT2D eigenvalue weighted by atomic mass is 9.77. The fraction of sp³-hybridized carbons (Fsp3) is 0.462. The summed E-state index contributed by atoms with van der Waals surface area (Å²) < 4.78 is 4.65. The molecule has 1 saturated carbocycles. The maximum Gasteiger partial charge on any atom is 0.337 e. The summed E-state index contributed by atoms with van der Waals surface area (Å²) in [7, 11) is 1.39. The van der Waals surface area contributed by atoms with Gasteiger partial charge >= 0.3 is 5.97 Å². The zero-order valence-corrected chi connectivity index (χ0v) is 9.48. The van der Waals surface area contributed by atoms with Crippen LogP contribution in [0.3, 0.4) is 0 Å². The molecule has 3 heteroatoms. The highest BCUT2D eigenvalue weighted by Gasteiger charge is 2.25. The Labute approximate surface area is 95.6 Å². The van der Waals surface area contributed by atoms with Crippen molar-refractivity contribution < 1.29 is 9.53 Å². The minimum Gasteiger partial charge on any atom is -0.465 e. The standard InChI is InChI=1S/C13H17NO2/c1-16-13(15)11-7-5-10(6-8-11)12(14)9-3-2-4-9/h5-9,12H,2-4,14H2,1H3/t12-/m1/s1. The molecule has 0 heterocycles. The molecule has 1 fully saturated rings. The minimum absolute atomic E-state index is 0.112. The summed E-state index contributed by atoms with van der Waals surface area (Å²) in [5, 5.41) is 0. The minimum atomic E-state index is -0.302. The van der Waals surface area contributed by atoms with Gasteiger partial charge in [-0.15, -0.1) is 0 Å². The van der Waals surface area contributed by atoms with Crippen LogP contribution in [0.15, 0.2) is 24.3 Å². The monoisotopic (exact) mass is 219 g/mol. The van der Waals surface area contributed by atoms with Crippen LogP contribution in [0.5, 0.6) is 0 Å². The van der Waals surface area contributed by atoms with Crippen LogP contribution in [-0.2, 0) is 4.74 Å². The summed E-state index contributed by atoms with van der Waals surface area (Å²) in [5.74, 6) is 0.313. The van der Waals surface area contributed by atoms with Crippen LogP contribution in [0.25, 0.3) is 0 Å². The number of rotatable bonds is 3. The summed E-state index contributed by atoms with van der Waals surface area (Å²) in [6, 6.07) is 7.52. The van der Waals surface area contributed by atoms with Crippen LogP contribution in [0.4, 0.5) is 0 Å². The van der Waals surface area contributed by atoms with E-state index < -0.39 is 0 Å². The van der Waals surface area contributed by atoms with E-state index in [0.29, 0.717) is 11.5 Å². The van der Waals surface area contributed by atoms with Crippen LogP contribution in [0.2, 0.25) is 0 Å². The molecule has 3 nitrogen and oxygen atoms in total. The van der Waals surface area contributed by atoms with Crippen LogP contribution in [-0.4, -0.2) is 13.1 Å². The quantitative estimate of drug-likeness (QED) is 0.793. The van der Waals surface area contributed by atoms with Crippen molar-refractivity contribution >= 4 is 5.97 Å². The number of benzene rings is 1. The SMILES string of the molecule is COC(=O)c1ccc([C@H](N)C2CCC2)cc1. The van der Waals surface area contributed by atoms with Gasteiger partial charge in [0.15, 0.2) is 0 Å². The zero-order chi connectivity index (χ0) is 11.5. The van der Waals surface area contributed by atoms with Crippen molar-refractivity contribution in [2.45, 2.75) is 25.3 Å². The molecule has 1 aromatic carbocycles. The molecule has 0 radical (unpaired) electrons. The summed E-state index contributed by atoms with van der Waals surface area (Å²) in [6.07, 6.45) is 3.73. The van der Waals surface area contributed by atoms with Crippen LogP contribution >= 0.6 is 0 Å². The molecule has 1 aliphatic carbocycles. The molecule has 0 amide bonds. The predicted molar refractivity (Wildman–Crippen MR) is 62.1 cm³/mol. The molecule has 0 spiro atoms. The van der Waals surface area contributed by atoms with Gasteiger partial charge in [-0.3, -0.25) is 0 Å². The number of hydrogen-bond acceptors (Lipinski definition) is 3. The van der Waals surface area contributed by atoms with Crippen molar-refractivity contribution in [3.8, 4) is 0 Å². The van der Waals surface area contributed by atoms with E-state index in [0.717, 1.165) is 5.56 Å². The van der Waals surface area contributed by atoms with E-state index in [1.807, 2.05) is 12.1 Å². The van der Waals surface area contributed by atoms with Gasteiger partial charge in [0, 0.05) is 6.04 Å². The third kappa shape index (κ3) is 2.09. The fourth-order valence-electron chi connectivity index (χ4n) is 2.03. The molecule has 1 aliphatic rings. The molecule has 1 atom stereocenters. The van der Waals surface area contributed by atoms with Crippen molar-refractivity contribution in [2.75, 3.05) is 7.11 Å². The Morgan fingerprint density at radius 1 is 1.38 bits per heavy atom. The van der Waals surface area contributed by atoms with E-state index in [4.69, 9.17) is 5.73 Å². The second-order valence-electron chi connectivity index (χ2n) is 4.33. The van der Waals surface area contributed by atoms with Crippen LogP contribution in [0, 0.1) is 5.92 Å². The third-order valence-electron chi connectivity index (χ3n) is 3.37. The molecule has 0 aliphatic heterocycles. The highest BCUT2D eigenvalue weighted by molar-refractivity contribution is 5.89. The molecule has 0 aromatic heterocycles. The van der Waals surface area contributed by atoms with Gasteiger partial charge < -0.3 is 10.5 Å². The Morgan fingerprint density at radius 3 is 2.44 bits per heavy atom. The number of methoxy groups -OCH3 is 1. The molecule has 0 unspecified atom stereocenters. The molecule has 2 N–H and O–H groups in total. The van der Waals surface area contributed by atoms with Crippen molar-refractivity contribution in [3.63, 3.8) is 0 Å². The van der Waals surface area contributed by atoms with Gasteiger partial charge in [0.1, 0.15) is 0 Å². The summed E-state index contributed by atoms with van der Waals surface area (Å²) in [4.78, 5) is 11.2. The van der Waals surface area contributed by atoms with Crippen molar-refractivity contribution in [3.05, 3.63) is 35.4 Å². The zero-order valence-electron chi connectivity index (χ0n) is 9.48. The van der Waals surface area contributed by atoms with E-state index in [9.17, 15) is 4.79 Å². The van der Waals surface area contributed by atoms with Gasteiger partial charge in [-0.1, -0.05) is 18.6 Å². The van der Waals surface area contributed by atoms with Crippen molar-refractivity contribution in [2.24, 2.45) is 11.7 Å². The Bertz CT molecular complexity index is 368. The number of carbonyl (C=O) groups excluding carboxylic acids is 1. The van der Waals surface area contributed by atoms with Gasteiger partial charge in [0.25, 0.3) is 0 Å². The van der Waals surface area contributed by atoms with E-state index in [1.165, 1.54) is 26.4 Å². The lowest BCUT2D eigenvalue weighted by Crippen LogP contribution is -2.26. The van der Waals surface area contributed by atoms with Crippen molar-refractivity contribution in [1.82, 2.24) is 0 Å². The number of hydrogen-bond donors (Lipinski definition) is 1. The van der Waals surface area contributed by atoms with E-state index >= 15 is 0 Å². The first-order valence-electron chi connectivity index (χ1n) is 5.66.